The van der Waals surface area contributed by atoms with E-state index in [1.54, 1.807) is 19.1 Å². The summed E-state index contributed by atoms with van der Waals surface area (Å²) in [6.45, 7) is 5.80. The van der Waals surface area contributed by atoms with E-state index in [1.807, 2.05) is 32.0 Å². The molecule has 2 atom stereocenters. The van der Waals surface area contributed by atoms with Crippen molar-refractivity contribution in [2.45, 2.75) is 45.7 Å². The van der Waals surface area contributed by atoms with Gasteiger partial charge in [-0.15, -0.1) is 0 Å². The molecule has 0 spiro atoms. The first-order chi connectivity index (χ1) is 9.93. The molecular formula is C16H24N2O3. The minimum absolute atomic E-state index is 0.199. The molecule has 0 heterocycles. The Morgan fingerprint density at radius 2 is 1.76 bits per heavy atom. The molecule has 1 aromatic rings. The van der Waals surface area contributed by atoms with Crippen LogP contribution in [0, 0.1) is 5.92 Å². The lowest BCUT2D eigenvalue weighted by Crippen LogP contribution is -2.49. The van der Waals surface area contributed by atoms with Crippen molar-refractivity contribution in [1.82, 2.24) is 5.32 Å². The summed E-state index contributed by atoms with van der Waals surface area (Å²) in [6.07, 6.45) is 1.02. The number of anilines is 1. The molecule has 0 saturated heterocycles. The van der Waals surface area contributed by atoms with Gasteiger partial charge in [-0.05, 0) is 30.9 Å². The molecule has 0 radical (unpaired) electrons. The summed E-state index contributed by atoms with van der Waals surface area (Å²) < 4.78 is 0. The lowest BCUT2D eigenvalue weighted by Gasteiger charge is -2.23. The highest BCUT2D eigenvalue weighted by Gasteiger charge is 2.25. The normalized spacial score (nSPS) is 13.7. The predicted octanol–water partition coefficient (Wildman–Crippen LogP) is 2.49. The monoisotopic (exact) mass is 292 g/mol. The Kier molecular flexibility index (Phi) is 6.88. The Labute approximate surface area is 125 Å². The maximum atomic E-state index is 12.4. The summed E-state index contributed by atoms with van der Waals surface area (Å²) >= 11 is 0. The minimum atomic E-state index is -0.932. The number of para-hydroxylation sites is 1. The molecule has 1 amide bonds. The largest absolute Gasteiger partial charge is 0.480 e. The lowest BCUT2D eigenvalue weighted by atomic mass is 10.0. The fourth-order valence-corrected chi connectivity index (χ4v) is 2.08. The number of aliphatic carboxylic acids is 1. The van der Waals surface area contributed by atoms with Gasteiger partial charge in [-0.3, -0.25) is 14.9 Å². The number of carboxylic acids is 1. The molecule has 0 bridgehead atoms. The van der Waals surface area contributed by atoms with Gasteiger partial charge in [-0.1, -0.05) is 39.0 Å². The Balaban J connectivity index is 2.76. The standard InChI is InChI=1S/C16H24N2O3/c1-4-13(16(20)21)18-14(10-11(2)3)15(19)17-12-8-6-5-7-9-12/h5-9,11,13-14,18H,4,10H2,1-3H3,(H,17,19)(H,20,21). The number of carboxylic acid groups (broad SMARTS) is 1. The van der Waals surface area contributed by atoms with Crippen molar-refractivity contribution in [3.05, 3.63) is 30.3 Å². The first kappa shape index (κ1) is 17.2. The fourth-order valence-electron chi connectivity index (χ4n) is 2.08. The van der Waals surface area contributed by atoms with Gasteiger partial charge < -0.3 is 10.4 Å². The third-order valence-corrected chi connectivity index (χ3v) is 3.17. The van der Waals surface area contributed by atoms with Crippen LogP contribution in [0.1, 0.15) is 33.6 Å². The second-order valence-electron chi connectivity index (χ2n) is 5.50. The third-order valence-electron chi connectivity index (χ3n) is 3.17. The van der Waals surface area contributed by atoms with Crippen molar-refractivity contribution in [3.8, 4) is 0 Å². The van der Waals surface area contributed by atoms with Crippen molar-refractivity contribution in [2.24, 2.45) is 5.92 Å². The molecule has 1 aromatic carbocycles. The second kappa shape index (κ2) is 8.42. The molecule has 21 heavy (non-hydrogen) atoms. The van der Waals surface area contributed by atoms with Gasteiger partial charge >= 0.3 is 5.97 Å². The summed E-state index contributed by atoms with van der Waals surface area (Å²) in [6, 6.07) is 7.93. The molecule has 1 rings (SSSR count). The summed E-state index contributed by atoms with van der Waals surface area (Å²) in [5.74, 6) is -0.844. The highest BCUT2D eigenvalue weighted by molar-refractivity contribution is 5.95. The number of nitrogens with one attached hydrogen (secondary N) is 2. The van der Waals surface area contributed by atoms with Crippen molar-refractivity contribution in [3.63, 3.8) is 0 Å². The molecule has 0 aliphatic rings. The number of carbonyl (C=O) groups is 2. The molecule has 2 unspecified atom stereocenters. The van der Waals surface area contributed by atoms with Gasteiger partial charge in [0.25, 0.3) is 0 Å². The number of rotatable bonds is 8. The average Bonchev–Trinajstić information content (AvgIpc) is 2.43. The lowest BCUT2D eigenvalue weighted by molar-refractivity contribution is -0.140. The SMILES string of the molecule is CCC(NC(CC(C)C)C(=O)Nc1ccccc1)C(=O)O. The maximum Gasteiger partial charge on any atom is 0.320 e. The smallest absolute Gasteiger partial charge is 0.320 e. The molecule has 0 aromatic heterocycles. The first-order valence-corrected chi connectivity index (χ1v) is 7.28. The van der Waals surface area contributed by atoms with Crippen LogP contribution in [-0.2, 0) is 9.59 Å². The molecule has 5 nitrogen and oxygen atoms in total. The van der Waals surface area contributed by atoms with Gasteiger partial charge in [0.1, 0.15) is 6.04 Å². The third kappa shape index (κ3) is 5.95. The summed E-state index contributed by atoms with van der Waals surface area (Å²) in [5, 5.41) is 14.9. The van der Waals surface area contributed by atoms with Crippen molar-refractivity contribution in [2.75, 3.05) is 5.32 Å². The van der Waals surface area contributed by atoms with Gasteiger partial charge in [-0.25, -0.2) is 0 Å². The van der Waals surface area contributed by atoms with Crippen molar-refractivity contribution in [1.29, 1.82) is 0 Å². The van der Waals surface area contributed by atoms with Crippen LogP contribution >= 0.6 is 0 Å². The van der Waals surface area contributed by atoms with Crippen LogP contribution < -0.4 is 10.6 Å². The minimum Gasteiger partial charge on any atom is -0.480 e. The van der Waals surface area contributed by atoms with E-state index in [9.17, 15) is 9.59 Å². The molecular weight excluding hydrogens is 268 g/mol. The van der Waals surface area contributed by atoms with E-state index in [-0.39, 0.29) is 11.8 Å². The van der Waals surface area contributed by atoms with Crippen LogP contribution in [0.5, 0.6) is 0 Å². The van der Waals surface area contributed by atoms with E-state index in [2.05, 4.69) is 10.6 Å². The van der Waals surface area contributed by atoms with Gasteiger partial charge in [0, 0.05) is 5.69 Å². The van der Waals surface area contributed by atoms with Crippen molar-refractivity contribution >= 4 is 17.6 Å². The Hall–Kier alpha value is -1.88. The van der Waals surface area contributed by atoms with Gasteiger partial charge in [0.05, 0.1) is 6.04 Å². The van der Waals surface area contributed by atoms with E-state index in [0.29, 0.717) is 18.5 Å². The van der Waals surface area contributed by atoms with E-state index in [4.69, 9.17) is 5.11 Å². The van der Waals surface area contributed by atoms with Crippen LogP contribution in [0.25, 0.3) is 0 Å². The molecule has 0 saturated carbocycles. The highest BCUT2D eigenvalue weighted by atomic mass is 16.4. The van der Waals surface area contributed by atoms with E-state index in [0.717, 1.165) is 0 Å². The van der Waals surface area contributed by atoms with E-state index in [1.165, 1.54) is 0 Å². The highest BCUT2D eigenvalue weighted by Crippen LogP contribution is 2.11. The van der Waals surface area contributed by atoms with Crippen molar-refractivity contribution < 1.29 is 14.7 Å². The quantitative estimate of drug-likeness (QED) is 0.688. The summed E-state index contributed by atoms with van der Waals surface area (Å²) in [7, 11) is 0. The predicted molar refractivity (Wildman–Crippen MR) is 83.2 cm³/mol. The van der Waals surface area contributed by atoms with Gasteiger partial charge in [0.2, 0.25) is 5.91 Å². The Bertz CT molecular complexity index is 460. The Morgan fingerprint density at radius 1 is 1.14 bits per heavy atom. The molecule has 5 heteroatoms. The molecule has 3 N–H and O–H groups in total. The molecule has 0 fully saturated rings. The zero-order valence-corrected chi connectivity index (χ0v) is 12.8. The zero-order chi connectivity index (χ0) is 15.8. The molecule has 0 aliphatic carbocycles. The molecule has 116 valence electrons. The topological polar surface area (TPSA) is 78.4 Å². The first-order valence-electron chi connectivity index (χ1n) is 7.28. The number of benzene rings is 1. The second-order valence-corrected chi connectivity index (χ2v) is 5.50. The Morgan fingerprint density at radius 3 is 2.24 bits per heavy atom. The number of hydrogen-bond donors (Lipinski definition) is 3. The zero-order valence-electron chi connectivity index (χ0n) is 12.8. The van der Waals surface area contributed by atoms with E-state index < -0.39 is 18.1 Å². The van der Waals surface area contributed by atoms with Gasteiger partial charge in [0.15, 0.2) is 0 Å². The number of hydrogen-bond acceptors (Lipinski definition) is 3. The summed E-state index contributed by atoms with van der Waals surface area (Å²) in [4.78, 5) is 23.5. The van der Waals surface area contributed by atoms with Crippen LogP contribution in [0.2, 0.25) is 0 Å². The number of carbonyl (C=O) groups excluding carboxylic acids is 1. The van der Waals surface area contributed by atoms with E-state index >= 15 is 0 Å². The maximum absolute atomic E-state index is 12.4. The summed E-state index contributed by atoms with van der Waals surface area (Å²) in [5.41, 5.74) is 0.710. The number of amides is 1. The van der Waals surface area contributed by atoms with Crippen LogP contribution in [0.3, 0.4) is 0 Å². The molecule has 0 aliphatic heterocycles. The van der Waals surface area contributed by atoms with Crippen LogP contribution in [0.4, 0.5) is 5.69 Å². The van der Waals surface area contributed by atoms with Crippen LogP contribution in [-0.4, -0.2) is 29.1 Å². The van der Waals surface area contributed by atoms with Gasteiger partial charge in [-0.2, -0.15) is 0 Å². The average molecular weight is 292 g/mol. The van der Waals surface area contributed by atoms with Crippen LogP contribution in [0.15, 0.2) is 30.3 Å². The fraction of sp³-hybridized carbons (Fsp3) is 0.500.